The third-order valence-corrected chi connectivity index (χ3v) is 3.23. The van der Waals surface area contributed by atoms with Crippen molar-refractivity contribution in [3.05, 3.63) is 65.8 Å². The Morgan fingerprint density at radius 1 is 0.958 bits per heavy atom. The molecule has 0 atom stereocenters. The van der Waals surface area contributed by atoms with Gasteiger partial charge in [-0.3, -0.25) is 9.59 Å². The lowest BCUT2D eigenvalue weighted by Crippen LogP contribution is -2.00. The average molecular weight is 347 g/mol. The molecule has 0 amide bonds. The second-order valence-corrected chi connectivity index (χ2v) is 4.71. The minimum atomic E-state index is -0.0562. The third-order valence-electron chi connectivity index (χ3n) is 2.95. The molecular formula is C21H30O2S. The number of rotatable bonds is 6. The maximum absolute atomic E-state index is 11.5. The van der Waals surface area contributed by atoms with Crippen LogP contribution >= 0.6 is 12.6 Å². The summed E-state index contributed by atoms with van der Waals surface area (Å²) in [6.45, 7) is 15.1. The second kappa shape index (κ2) is 14.7. The number of ketones is 2. The van der Waals surface area contributed by atoms with E-state index < -0.39 is 0 Å². The molecule has 1 aromatic rings. The average Bonchev–Trinajstić information content (AvgIpc) is 2.65. The Labute approximate surface area is 152 Å². The Bertz CT molecular complexity index is 578. The van der Waals surface area contributed by atoms with Crippen LogP contribution in [0.25, 0.3) is 5.57 Å². The van der Waals surface area contributed by atoms with Gasteiger partial charge in [-0.15, -0.1) is 0 Å². The number of thiol groups is 1. The zero-order chi connectivity index (χ0) is 19.1. The highest BCUT2D eigenvalue weighted by Gasteiger charge is 2.03. The van der Waals surface area contributed by atoms with Crippen molar-refractivity contribution in [1.82, 2.24) is 0 Å². The zero-order valence-electron chi connectivity index (χ0n) is 15.7. The van der Waals surface area contributed by atoms with Crippen LogP contribution in [0.3, 0.4) is 0 Å². The fourth-order valence-corrected chi connectivity index (χ4v) is 1.83. The molecule has 0 fully saturated rings. The minimum absolute atomic E-state index is 0.0476. The molecule has 132 valence electrons. The van der Waals surface area contributed by atoms with Gasteiger partial charge in [-0.2, -0.15) is 12.6 Å². The Hall–Kier alpha value is -1.87. The van der Waals surface area contributed by atoms with Crippen molar-refractivity contribution in [3.63, 3.8) is 0 Å². The summed E-state index contributed by atoms with van der Waals surface area (Å²) < 4.78 is 0. The van der Waals surface area contributed by atoms with Crippen LogP contribution in [0.2, 0.25) is 0 Å². The monoisotopic (exact) mass is 346 g/mol. The molecule has 0 N–H and O–H groups in total. The van der Waals surface area contributed by atoms with E-state index in [-0.39, 0.29) is 17.3 Å². The molecule has 0 saturated heterocycles. The molecule has 2 nitrogen and oxygen atoms in total. The summed E-state index contributed by atoms with van der Waals surface area (Å²) in [5.74, 6) is 0.156. The van der Waals surface area contributed by atoms with Gasteiger partial charge in [-0.05, 0) is 25.0 Å². The molecule has 0 bridgehead atoms. The largest absolute Gasteiger partial charge is 0.295 e. The van der Waals surface area contributed by atoms with Crippen LogP contribution in [0, 0.1) is 0 Å². The highest BCUT2D eigenvalue weighted by atomic mass is 32.1. The number of benzene rings is 1. The van der Waals surface area contributed by atoms with Crippen LogP contribution < -0.4 is 0 Å². The van der Waals surface area contributed by atoms with E-state index in [1.54, 1.807) is 25.1 Å². The highest BCUT2D eigenvalue weighted by molar-refractivity contribution is 7.81. The highest BCUT2D eigenvalue weighted by Crippen LogP contribution is 2.16. The van der Waals surface area contributed by atoms with Gasteiger partial charge in [0.25, 0.3) is 0 Å². The van der Waals surface area contributed by atoms with E-state index in [4.69, 9.17) is 0 Å². The van der Waals surface area contributed by atoms with Crippen molar-refractivity contribution < 1.29 is 9.59 Å². The van der Waals surface area contributed by atoms with Crippen molar-refractivity contribution in [2.45, 2.75) is 41.5 Å². The van der Waals surface area contributed by atoms with Crippen molar-refractivity contribution in [3.8, 4) is 0 Å². The van der Waals surface area contributed by atoms with Gasteiger partial charge >= 0.3 is 0 Å². The van der Waals surface area contributed by atoms with Gasteiger partial charge in [-0.1, -0.05) is 76.8 Å². The van der Waals surface area contributed by atoms with E-state index in [0.717, 1.165) is 11.1 Å². The number of carbonyl (C=O) groups is 2. The quantitative estimate of drug-likeness (QED) is 0.298. The number of carbonyl (C=O) groups excluding carboxylic acids is 2. The van der Waals surface area contributed by atoms with Crippen molar-refractivity contribution in [2.24, 2.45) is 0 Å². The molecule has 3 heteroatoms. The maximum Gasteiger partial charge on any atom is 0.172 e. The van der Waals surface area contributed by atoms with Gasteiger partial charge in [0.05, 0.1) is 5.75 Å². The van der Waals surface area contributed by atoms with Crippen LogP contribution in [0.5, 0.6) is 0 Å². The molecule has 0 radical (unpaired) electrons. The van der Waals surface area contributed by atoms with Crippen molar-refractivity contribution in [1.29, 1.82) is 0 Å². The number of hydrogen-bond donors (Lipinski definition) is 1. The van der Waals surface area contributed by atoms with E-state index in [2.05, 4.69) is 19.2 Å². The lowest BCUT2D eigenvalue weighted by Gasteiger charge is -2.02. The first-order valence-corrected chi connectivity index (χ1v) is 8.89. The number of allylic oxidation sites excluding steroid dienone is 5. The van der Waals surface area contributed by atoms with Crippen molar-refractivity contribution >= 4 is 29.8 Å². The standard InChI is InChI=1S/C17H18O2S.2C2H6/c1-4-14(17(19)11-20)6-5-12(2)15-7-9-16(10-8-15)13(3)18;2*1-2/h4-10,20H,1,11H2,2-3H3;2*1-2H3/b12-5+,14-6+;;. The summed E-state index contributed by atoms with van der Waals surface area (Å²) in [6.07, 6.45) is 5.13. The number of hydrogen-bond acceptors (Lipinski definition) is 3. The van der Waals surface area contributed by atoms with E-state index in [1.807, 2.05) is 52.8 Å². The summed E-state index contributed by atoms with van der Waals surface area (Å²) in [5.41, 5.74) is 3.24. The van der Waals surface area contributed by atoms with Gasteiger partial charge in [0.15, 0.2) is 11.6 Å². The molecule has 0 aliphatic carbocycles. The summed E-state index contributed by atoms with van der Waals surface area (Å²) in [5, 5.41) is 0. The predicted octanol–water partition coefficient (Wildman–Crippen LogP) is 5.96. The molecule has 0 aliphatic heterocycles. The van der Waals surface area contributed by atoms with E-state index in [1.165, 1.54) is 6.08 Å². The topological polar surface area (TPSA) is 34.1 Å². The van der Waals surface area contributed by atoms with Gasteiger partial charge in [-0.25, -0.2) is 0 Å². The SMILES string of the molecule is C=C/C(=C\C=C(/C)c1ccc(C(C)=O)cc1)C(=O)CS.CC.CC. The molecule has 1 aromatic carbocycles. The Kier molecular flexibility index (Phi) is 14.9. The van der Waals surface area contributed by atoms with Crippen LogP contribution in [0.4, 0.5) is 0 Å². The van der Waals surface area contributed by atoms with Crippen LogP contribution in [0.15, 0.2) is 54.6 Å². The zero-order valence-corrected chi connectivity index (χ0v) is 16.6. The molecule has 0 spiro atoms. The summed E-state index contributed by atoms with van der Waals surface area (Å²) >= 11 is 3.96. The Morgan fingerprint density at radius 3 is 1.79 bits per heavy atom. The molecular weight excluding hydrogens is 316 g/mol. The van der Waals surface area contributed by atoms with E-state index >= 15 is 0 Å². The molecule has 0 aromatic heterocycles. The molecule has 0 aliphatic rings. The van der Waals surface area contributed by atoms with Gasteiger partial charge in [0.1, 0.15) is 0 Å². The number of Topliss-reactive ketones (excluding diaryl/α,β-unsaturated/α-hetero) is 2. The first-order valence-electron chi connectivity index (χ1n) is 8.26. The molecule has 0 saturated carbocycles. The van der Waals surface area contributed by atoms with Crippen LogP contribution in [0.1, 0.15) is 57.5 Å². The van der Waals surface area contributed by atoms with Gasteiger partial charge in [0.2, 0.25) is 0 Å². The minimum Gasteiger partial charge on any atom is -0.295 e. The summed E-state index contributed by atoms with van der Waals surface area (Å²) in [4.78, 5) is 22.7. The maximum atomic E-state index is 11.5. The Balaban J connectivity index is 0. The van der Waals surface area contributed by atoms with Crippen LogP contribution in [-0.2, 0) is 4.79 Å². The second-order valence-electron chi connectivity index (χ2n) is 4.39. The summed E-state index contributed by atoms with van der Waals surface area (Å²) in [7, 11) is 0. The lowest BCUT2D eigenvalue weighted by molar-refractivity contribution is -0.112. The fourth-order valence-electron chi connectivity index (χ4n) is 1.64. The van der Waals surface area contributed by atoms with Crippen molar-refractivity contribution in [2.75, 3.05) is 5.75 Å². The predicted molar refractivity (Wildman–Crippen MR) is 110 cm³/mol. The van der Waals surface area contributed by atoms with Crippen LogP contribution in [-0.4, -0.2) is 17.3 Å². The van der Waals surface area contributed by atoms with Gasteiger partial charge < -0.3 is 0 Å². The van der Waals surface area contributed by atoms with Gasteiger partial charge in [0, 0.05) is 11.1 Å². The van der Waals surface area contributed by atoms with E-state index in [9.17, 15) is 9.59 Å². The molecule has 24 heavy (non-hydrogen) atoms. The van der Waals surface area contributed by atoms with E-state index in [0.29, 0.717) is 11.1 Å². The smallest absolute Gasteiger partial charge is 0.172 e. The fraction of sp³-hybridized carbons (Fsp3) is 0.333. The summed E-state index contributed by atoms with van der Waals surface area (Å²) in [6, 6.07) is 7.38. The third kappa shape index (κ3) is 8.68. The first kappa shape index (κ1) is 24.4. The molecule has 0 unspecified atom stereocenters. The lowest BCUT2D eigenvalue weighted by atomic mass is 10.0. The molecule has 1 rings (SSSR count). The Morgan fingerprint density at radius 2 is 1.42 bits per heavy atom. The normalized spacial score (nSPS) is 10.6. The molecule has 0 heterocycles. The first-order chi connectivity index (χ1) is 11.5.